The second-order valence-electron chi connectivity index (χ2n) is 5.75. The van der Waals surface area contributed by atoms with Crippen molar-refractivity contribution < 1.29 is 13.2 Å². The van der Waals surface area contributed by atoms with Gasteiger partial charge in [0.25, 0.3) is 15.9 Å². The summed E-state index contributed by atoms with van der Waals surface area (Å²) in [5.74, 6) is -0.569. The highest BCUT2D eigenvalue weighted by Gasteiger charge is 2.24. The number of carbonyl (C=O) groups excluding carboxylic acids is 1. The molecule has 1 aromatic carbocycles. The summed E-state index contributed by atoms with van der Waals surface area (Å²) in [5, 5.41) is 0. The molecule has 6 nitrogen and oxygen atoms in total. The molecule has 24 heavy (non-hydrogen) atoms. The summed E-state index contributed by atoms with van der Waals surface area (Å²) in [7, 11) is -3.89. The maximum absolute atomic E-state index is 12.7. The molecule has 1 amide bonds. The predicted octanol–water partition coefficient (Wildman–Crippen LogP) is 2.94. The second-order valence-corrected chi connectivity index (χ2v) is 8.28. The van der Waals surface area contributed by atoms with Crippen LogP contribution < -0.4 is 10.3 Å². The van der Waals surface area contributed by atoms with E-state index in [0.717, 1.165) is 16.7 Å². The SMILES string of the molecule is Cc1c(C)c(C)c(S(=O)(=O)NNC(=O)c2cc(Br)c[nH]2)c(C)c1C. The first-order valence-corrected chi connectivity index (χ1v) is 9.57. The molecule has 2 aromatic rings. The lowest BCUT2D eigenvalue weighted by molar-refractivity contribution is 0.0940. The lowest BCUT2D eigenvalue weighted by atomic mass is 9.95. The van der Waals surface area contributed by atoms with E-state index in [1.54, 1.807) is 26.1 Å². The number of sulfonamides is 1. The van der Waals surface area contributed by atoms with Gasteiger partial charge in [0.1, 0.15) is 5.69 Å². The molecule has 0 spiro atoms. The van der Waals surface area contributed by atoms with Gasteiger partial charge in [-0.1, -0.05) is 0 Å². The van der Waals surface area contributed by atoms with Gasteiger partial charge in [-0.3, -0.25) is 10.2 Å². The van der Waals surface area contributed by atoms with Crippen molar-refractivity contribution in [1.29, 1.82) is 0 Å². The van der Waals surface area contributed by atoms with Crippen molar-refractivity contribution in [1.82, 2.24) is 15.2 Å². The third-order valence-electron chi connectivity index (χ3n) is 4.39. The first kappa shape index (κ1) is 18.7. The summed E-state index contributed by atoms with van der Waals surface area (Å²) in [6.45, 7) is 9.30. The third-order valence-corrected chi connectivity index (χ3v) is 6.37. The van der Waals surface area contributed by atoms with E-state index < -0.39 is 15.9 Å². The van der Waals surface area contributed by atoms with E-state index in [0.29, 0.717) is 15.6 Å². The molecule has 0 bridgehead atoms. The Hall–Kier alpha value is -1.64. The van der Waals surface area contributed by atoms with Crippen LogP contribution in [0.15, 0.2) is 21.6 Å². The number of aromatic amines is 1. The maximum atomic E-state index is 12.7. The van der Waals surface area contributed by atoms with Gasteiger partial charge in [0.15, 0.2) is 0 Å². The molecule has 8 heteroatoms. The summed E-state index contributed by atoms with van der Waals surface area (Å²) in [6.07, 6.45) is 1.59. The molecular weight excluding hydrogens is 394 g/mol. The van der Waals surface area contributed by atoms with Crippen molar-refractivity contribution >= 4 is 31.9 Å². The van der Waals surface area contributed by atoms with Crippen LogP contribution in [0.3, 0.4) is 0 Å². The number of halogens is 1. The molecule has 0 fully saturated rings. The van der Waals surface area contributed by atoms with E-state index in [1.165, 1.54) is 0 Å². The second kappa shape index (κ2) is 6.70. The van der Waals surface area contributed by atoms with Crippen molar-refractivity contribution in [3.05, 3.63) is 50.2 Å². The number of nitrogens with one attached hydrogen (secondary N) is 3. The van der Waals surface area contributed by atoms with Crippen LogP contribution in [0, 0.1) is 34.6 Å². The van der Waals surface area contributed by atoms with Gasteiger partial charge in [0.05, 0.1) is 4.90 Å². The summed E-state index contributed by atoms with van der Waals surface area (Å²) >= 11 is 3.22. The van der Waals surface area contributed by atoms with E-state index in [4.69, 9.17) is 0 Å². The smallest absolute Gasteiger partial charge is 0.282 e. The number of rotatable bonds is 4. The van der Waals surface area contributed by atoms with E-state index >= 15 is 0 Å². The Balaban J connectivity index is 2.33. The van der Waals surface area contributed by atoms with Crippen LogP contribution in [0.4, 0.5) is 0 Å². The molecule has 0 saturated carbocycles. The van der Waals surface area contributed by atoms with Crippen LogP contribution in [-0.2, 0) is 10.0 Å². The zero-order valence-corrected chi connectivity index (χ0v) is 16.6. The molecule has 0 unspecified atom stereocenters. The minimum atomic E-state index is -3.89. The van der Waals surface area contributed by atoms with Crippen molar-refractivity contribution in [3.63, 3.8) is 0 Å². The molecule has 0 aliphatic carbocycles. The van der Waals surface area contributed by atoms with E-state index in [-0.39, 0.29) is 10.6 Å². The Kier molecular flexibility index (Phi) is 5.22. The molecule has 2 rings (SSSR count). The fraction of sp³-hybridized carbons (Fsp3) is 0.312. The Morgan fingerprint density at radius 3 is 1.96 bits per heavy atom. The van der Waals surface area contributed by atoms with Crippen LogP contribution >= 0.6 is 15.9 Å². The minimum absolute atomic E-state index is 0.205. The van der Waals surface area contributed by atoms with Crippen LogP contribution in [0.5, 0.6) is 0 Å². The van der Waals surface area contributed by atoms with Gasteiger partial charge in [-0.15, -0.1) is 4.83 Å². The highest BCUT2D eigenvalue weighted by molar-refractivity contribution is 9.10. The highest BCUT2D eigenvalue weighted by Crippen LogP contribution is 2.29. The van der Waals surface area contributed by atoms with Crippen molar-refractivity contribution in [3.8, 4) is 0 Å². The monoisotopic (exact) mass is 413 g/mol. The van der Waals surface area contributed by atoms with E-state index in [9.17, 15) is 13.2 Å². The lowest BCUT2D eigenvalue weighted by Crippen LogP contribution is -2.42. The van der Waals surface area contributed by atoms with Crippen molar-refractivity contribution in [2.45, 2.75) is 39.5 Å². The number of H-pyrrole nitrogens is 1. The molecule has 1 aromatic heterocycles. The van der Waals surface area contributed by atoms with Crippen LogP contribution in [0.25, 0.3) is 0 Å². The Morgan fingerprint density at radius 2 is 1.50 bits per heavy atom. The Morgan fingerprint density at radius 1 is 1.00 bits per heavy atom. The molecule has 0 radical (unpaired) electrons. The largest absolute Gasteiger partial charge is 0.356 e. The summed E-state index contributed by atoms with van der Waals surface area (Å²) in [6, 6.07) is 1.56. The van der Waals surface area contributed by atoms with Gasteiger partial charge < -0.3 is 4.98 Å². The predicted molar refractivity (Wildman–Crippen MR) is 96.4 cm³/mol. The molecule has 0 aliphatic heterocycles. The van der Waals surface area contributed by atoms with Crippen LogP contribution in [-0.4, -0.2) is 19.3 Å². The fourth-order valence-electron chi connectivity index (χ4n) is 2.60. The molecule has 0 saturated heterocycles. The van der Waals surface area contributed by atoms with Crippen LogP contribution in [0.2, 0.25) is 0 Å². The van der Waals surface area contributed by atoms with Gasteiger partial charge in [-0.2, -0.15) is 0 Å². The maximum Gasteiger partial charge on any atom is 0.282 e. The van der Waals surface area contributed by atoms with Gasteiger partial charge in [-0.25, -0.2) is 8.42 Å². The number of benzene rings is 1. The minimum Gasteiger partial charge on any atom is -0.356 e. The summed E-state index contributed by atoms with van der Waals surface area (Å²) < 4.78 is 26.1. The highest BCUT2D eigenvalue weighted by atomic mass is 79.9. The number of hydrogen-bond donors (Lipinski definition) is 3. The number of hydrogen-bond acceptors (Lipinski definition) is 3. The molecule has 3 N–H and O–H groups in total. The average Bonchev–Trinajstić information content (AvgIpc) is 2.95. The average molecular weight is 414 g/mol. The summed E-state index contributed by atoms with van der Waals surface area (Å²) in [5.41, 5.74) is 6.77. The topological polar surface area (TPSA) is 91.1 Å². The Labute approximate surface area is 150 Å². The van der Waals surface area contributed by atoms with E-state index in [2.05, 4.69) is 31.2 Å². The molecular formula is C16H20BrN3O3S. The standard InChI is InChI=1S/C16H20BrN3O3S/c1-8-9(2)11(4)15(12(5)10(8)3)24(22,23)20-19-16(21)14-6-13(17)7-18-14/h6-7,18,20H,1-5H3,(H,19,21). The third kappa shape index (κ3) is 3.40. The lowest BCUT2D eigenvalue weighted by Gasteiger charge is -2.19. The number of aromatic nitrogens is 1. The number of amides is 1. The number of carbonyl (C=O) groups is 1. The van der Waals surface area contributed by atoms with E-state index in [1.807, 2.05) is 20.8 Å². The molecule has 130 valence electrons. The normalized spacial score (nSPS) is 11.6. The van der Waals surface area contributed by atoms with Gasteiger partial charge in [0, 0.05) is 10.7 Å². The molecule has 0 aliphatic rings. The fourth-order valence-corrected chi connectivity index (χ4v) is 4.38. The van der Waals surface area contributed by atoms with Crippen molar-refractivity contribution in [2.24, 2.45) is 0 Å². The molecule has 1 heterocycles. The molecule has 0 atom stereocenters. The number of hydrazine groups is 1. The first-order chi connectivity index (χ1) is 11.1. The van der Waals surface area contributed by atoms with Gasteiger partial charge >= 0.3 is 0 Å². The first-order valence-electron chi connectivity index (χ1n) is 7.29. The zero-order chi connectivity index (χ0) is 18.2. The van der Waals surface area contributed by atoms with Gasteiger partial charge in [-0.05, 0) is 84.4 Å². The quantitative estimate of drug-likeness (QED) is 0.672. The Bertz CT molecular complexity index is 888. The summed E-state index contributed by atoms with van der Waals surface area (Å²) in [4.78, 5) is 17.1. The van der Waals surface area contributed by atoms with Crippen LogP contribution in [0.1, 0.15) is 38.3 Å². The van der Waals surface area contributed by atoms with Gasteiger partial charge in [0.2, 0.25) is 0 Å². The zero-order valence-electron chi connectivity index (χ0n) is 14.2. The van der Waals surface area contributed by atoms with Crippen molar-refractivity contribution in [2.75, 3.05) is 0 Å².